The van der Waals surface area contributed by atoms with Crippen LogP contribution in [0.1, 0.15) is 12.1 Å². The highest BCUT2D eigenvalue weighted by Crippen LogP contribution is 2.18. The summed E-state index contributed by atoms with van der Waals surface area (Å²) in [5.74, 6) is 0.157. The smallest absolute Gasteiger partial charge is 0.236 e. The van der Waals surface area contributed by atoms with Gasteiger partial charge in [0.1, 0.15) is 0 Å². The summed E-state index contributed by atoms with van der Waals surface area (Å²) in [6.45, 7) is 6.75. The zero-order chi connectivity index (χ0) is 16.2. The number of likely N-dealkylation sites (N-methyl/N-ethyl adjacent to an activating group) is 1. The number of aryl methyl sites for hydroxylation is 1. The highest BCUT2D eigenvalue weighted by Gasteiger charge is 2.28. The Labute approximate surface area is 137 Å². The van der Waals surface area contributed by atoms with E-state index in [2.05, 4.69) is 25.6 Å². The molecule has 23 heavy (non-hydrogen) atoms. The molecule has 0 radical (unpaired) electrons. The number of morpholine rings is 1. The fourth-order valence-electron chi connectivity index (χ4n) is 3.28. The van der Waals surface area contributed by atoms with Crippen LogP contribution in [0.3, 0.4) is 0 Å². The van der Waals surface area contributed by atoms with Gasteiger partial charge in [-0.25, -0.2) is 0 Å². The van der Waals surface area contributed by atoms with Gasteiger partial charge in [0.25, 0.3) is 0 Å². The first-order valence-corrected chi connectivity index (χ1v) is 8.38. The average Bonchev–Trinajstić information content (AvgIpc) is 2.92. The lowest BCUT2D eigenvalue weighted by Gasteiger charge is -2.35. The molecule has 1 aromatic rings. The van der Waals surface area contributed by atoms with Crippen molar-refractivity contribution in [3.63, 3.8) is 0 Å². The number of ether oxygens (including phenoxy) is 1. The molecule has 1 saturated heterocycles. The van der Waals surface area contributed by atoms with Crippen LogP contribution >= 0.6 is 0 Å². The van der Waals surface area contributed by atoms with E-state index in [1.54, 1.807) is 4.90 Å². The number of aromatic nitrogens is 2. The predicted molar refractivity (Wildman–Crippen MR) is 87.0 cm³/mol. The maximum absolute atomic E-state index is 12.2. The standard InChI is InChI=1S/C16H27N5O2/c1-18(2)16(22)13-20-12-15-3-5-17-21(15)6-4-14(20)11-19-7-9-23-10-8-19/h3,5,14H,4,6-13H2,1-2H3/t14-/m0/s1. The van der Waals surface area contributed by atoms with Crippen LogP contribution in [-0.2, 0) is 22.6 Å². The minimum atomic E-state index is 0.157. The van der Waals surface area contributed by atoms with E-state index in [-0.39, 0.29) is 5.91 Å². The molecule has 1 fully saturated rings. The van der Waals surface area contributed by atoms with E-state index < -0.39 is 0 Å². The number of amides is 1. The van der Waals surface area contributed by atoms with Crippen molar-refractivity contribution in [2.24, 2.45) is 0 Å². The molecule has 3 rings (SSSR count). The molecule has 7 nitrogen and oxygen atoms in total. The molecule has 7 heteroatoms. The highest BCUT2D eigenvalue weighted by atomic mass is 16.5. The minimum Gasteiger partial charge on any atom is -0.379 e. The number of carbonyl (C=O) groups excluding carboxylic acids is 1. The van der Waals surface area contributed by atoms with Crippen molar-refractivity contribution < 1.29 is 9.53 Å². The molecular weight excluding hydrogens is 294 g/mol. The number of nitrogens with zero attached hydrogens (tertiary/aromatic N) is 5. The summed E-state index contributed by atoms with van der Waals surface area (Å²) in [5.41, 5.74) is 1.20. The number of rotatable bonds is 4. The van der Waals surface area contributed by atoms with Crippen molar-refractivity contribution in [2.45, 2.75) is 25.6 Å². The largest absolute Gasteiger partial charge is 0.379 e. The Kier molecular flexibility index (Phi) is 5.30. The van der Waals surface area contributed by atoms with Crippen LogP contribution in [0.2, 0.25) is 0 Å². The molecule has 0 N–H and O–H groups in total. The van der Waals surface area contributed by atoms with E-state index >= 15 is 0 Å². The summed E-state index contributed by atoms with van der Waals surface area (Å²) in [6, 6.07) is 2.43. The van der Waals surface area contributed by atoms with Gasteiger partial charge in [-0.3, -0.25) is 19.3 Å². The van der Waals surface area contributed by atoms with E-state index in [0.717, 1.165) is 52.4 Å². The molecule has 1 amide bonds. The first kappa shape index (κ1) is 16.4. The lowest BCUT2D eigenvalue weighted by molar-refractivity contribution is -0.130. The fraction of sp³-hybridized carbons (Fsp3) is 0.750. The molecule has 1 aromatic heterocycles. The molecule has 0 unspecified atom stereocenters. The SMILES string of the molecule is CN(C)C(=O)CN1Cc2ccnn2CC[C@H]1CN1CCOCC1. The quantitative estimate of drug-likeness (QED) is 0.774. The van der Waals surface area contributed by atoms with Crippen molar-refractivity contribution in [1.29, 1.82) is 0 Å². The predicted octanol–water partition coefficient (Wildman–Crippen LogP) is -0.122. The average molecular weight is 321 g/mol. The second-order valence-corrected chi connectivity index (χ2v) is 6.59. The summed E-state index contributed by atoms with van der Waals surface area (Å²) >= 11 is 0. The zero-order valence-corrected chi connectivity index (χ0v) is 14.1. The molecular formula is C16H27N5O2. The van der Waals surface area contributed by atoms with E-state index in [9.17, 15) is 4.79 Å². The van der Waals surface area contributed by atoms with Crippen LogP contribution in [0, 0.1) is 0 Å². The Morgan fingerprint density at radius 1 is 1.35 bits per heavy atom. The molecule has 128 valence electrons. The van der Waals surface area contributed by atoms with E-state index in [1.165, 1.54) is 5.69 Å². The minimum absolute atomic E-state index is 0.157. The van der Waals surface area contributed by atoms with Crippen LogP contribution in [0.25, 0.3) is 0 Å². The molecule has 0 saturated carbocycles. The maximum atomic E-state index is 12.2. The lowest BCUT2D eigenvalue weighted by atomic mass is 10.1. The summed E-state index contributed by atoms with van der Waals surface area (Å²) in [4.78, 5) is 18.7. The lowest BCUT2D eigenvalue weighted by Crippen LogP contribution is -2.49. The summed E-state index contributed by atoms with van der Waals surface area (Å²) in [5, 5.41) is 4.41. The number of fused-ring (bicyclic) bond motifs is 1. The number of hydrogen-bond acceptors (Lipinski definition) is 5. The van der Waals surface area contributed by atoms with Crippen LogP contribution in [0.15, 0.2) is 12.3 Å². The van der Waals surface area contributed by atoms with Crippen molar-refractivity contribution in [3.8, 4) is 0 Å². The van der Waals surface area contributed by atoms with Crippen LogP contribution < -0.4 is 0 Å². The molecule has 1 atom stereocenters. The molecule has 3 heterocycles. The van der Waals surface area contributed by atoms with Gasteiger partial charge in [-0.05, 0) is 12.5 Å². The van der Waals surface area contributed by atoms with Crippen molar-refractivity contribution in [3.05, 3.63) is 18.0 Å². The van der Waals surface area contributed by atoms with E-state index in [0.29, 0.717) is 12.6 Å². The first-order valence-electron chi connectivity index (χ1n) is 8.38. The maximum Gasteiger partial charge on any atom is 0.236 e. The molecule has 0 bridgehead atoms. The third-order valence-electron chi connectivity index (χ3n) is 4.77. The Bertz CT molecular complexity index is 524. The topological polar surface area (TPSA) is 53.8 Å². The molecule has 0 spiro atoms. The van der Waals surface area contributed by atoms with Crippen LogP contribution in [0.5, 0.6) is 0 Å². The van der Waals surface area contributed by atoms with E-state index in [4.69, 9.17) is 4.74 Å². The van der Waals surface area contributed by atoms with Gasteiger partial charge in [0.15, 0.2) is 0 Å². The van der Waals surface area contributed by atoms with Crippen molar-refractivity contribution in [2.75, 3.05) is 53.5 Å². The van der Waals surface area contributed by atoms with E-state index in [1.807, 2.05) is 20.3 Å². The molecule has 2 aliphatic rings. The summed E-state index contributed by atoms with van der Waals surface area (Å²) < 4.78 is 7.52. The van der Waals surface area contributed by atoms with Crippen molar-refractivity contribution in [1.82, 2.24) is 24.5 Å². The zero-order valence-electron chi connectivity index (χ0n) is 14.1. The number of hydrogen-bond donors (Lipinski definition) is 0. The summed E-state index contributed by atoms with van der Waals surface area (Å²) in [7, 11) is 3.64. The van der Waals surface area contributed by atoms with Gasteiger partial charge >= 0.3 is 0 Å². The Morgan fingerprint density at radius 3 is 2.87 bits per heavy atom. The highest BCUT2D eigenvalue weighted by molar-refractivity contribution is 5.77. The Morgan fingerprint density at radius 2 is 2.13 bits per heavy atom. The third kappa shape index (κ3) is 4.10. The van der Waals surface area contributed by atoms with Gasteiger partial charge in [0.05, 0.1) is 25.5 Å². The Hall–Kier alpha value is -1.44. The van der Waals surface area contributed by atoms with Gasteiger partial charge in [-0.15, -0.1) is 0 Å². The Balaban J connectivity index is 1.71. The first-order chi connectivity index (χ1) is 11.1. The van der Waals surface area contributed by atoms with Gasteiger partial charge in [-0.1, -0.05) is 0 Å². The summed E-state index contributed by atoms with van der Waals surface area (Å²) in [6.07, 6.45) is 2.87. The van der Waals surface area contributed by atoms with Crippen LogP contribution in [-0.4, -0.2) is 89.9 Å². The fourth-order valence-corrected chi connectivity index (χ4v) is 3.28. The normalized spacial score (nSPS) is 23.3. The van der Waals surface area contributed by atoms with Gasteiger partial charge in [-0.2, -0.15) is 5.10 Å². The monoisotopic (exact) mass is 321 g/mol. The van der Waals surface area contributed by atoms with Gasteiger partial charge in [0.2, 0.25) is 5.91 Å². The third-order valence-corrected chi connectivity index (χ3v) is 4.77. The second kappa shape index (κ2) is 7.42. The van der Waals surface area contributed by atoms with Crippen molar-refractivity contribution >= 4 is 5.91 Å². The number of carbonyl (C=O) groups is 1. The van der Waals surface area contributed by atoms with Crippen LogP contribution in [0.4, 0.5) is 0 Å². The van der Waals surface area contributed by atoms with Gasteiger partial charge < -0.3 is 9.64 Å². The van der Waals surface area contributed by atoms with Gasteiger partial charge in [0, 0.05) is 59.1 Å². The second-order valence-electron chi connectivity index (χ2n) is 6.59. The molecule has 2 aliphatic heterocycles. The molecule has 0 aromatic carbocycles. The molecule has 0 aliphatic carbocycles.